The predicted octanol–water partition coefficient (Wildman–Crippen LogP) is 3.97. The molecular weight excluding hydrogens is 448 g/mol. The van der Waals surface area contributed by atoms with Gasteiger partial charge in [0.25, 0.3) is 0 Å². The lowest BCUT2D eigenvalue weighted by Gasteiger charge is -2.19. The van der Waals surface area contributed by atoms with E-state index in [2.05, 4.69) is 0 Å². The van der Waals surface area contributed by atoms with Crippen LogP contribution in [0.2, 0.25) is 0 Å². The maximum Gasteiger partial charge on any atom is 0.427 e. The number of hydrogen-bond acceptors (Lipinski definition) is 6. The lowest BCUT2D eigenvalue weighted by molar-refractivity contribution is -0.116. The molecule has 1 fully saturated rings. The van der Waals surface area contributed by atoms with Gasteiger partial charge < -0.3 is 9.64 Å². The second-order valence-electron chi connectivity index (χ2n) is 8.12. The number of amides is 3. The monoisotopic (exact) mass is 466 g/mol. The van der Waals surface area contributed by atoms with E-state index in [1.807, 2.05) is 0 Å². The molecule has 1 aliphatic heterocycles. The summed E-state index contributed by atoms with van der Waals surface area (Å²) in [5.41, 5.74) is 2.31. The van der Waals surface area contributed by atoms with E-state index in [0.29, 0.717) is 16.8 Å². The molecule has 0 aromatic heterocycles. The van der Waals surface area contributed by atoms with Gasteiger partial charge in [0.2, 0.25) is 5.91 Å². The first-order chi connectivity index (χ1) is 16.8. The first-order valence-electron chi connectivity index (χ1n) is 10.7. The Hall–Kier alpha value is -4.85. The molecule has 0 unspecified atom stereocenters. The van der Waals surface area contributed by atoms with Gasteiger partial charge in [0.15, 0.2) is 17.3 Å². The number of rotatable bonds is 3. The van der Waals surface area contributed by atoms with Crippen molar-refractivity contribution in [1.82, 2.24) is 0 Å². The minimum absolute atomic E-state index is 0.120. The quantitative estimate of drug-likeness (QED) is 0.424. The van der Waals surface area contributed by atoms with Gasteiger partial charge in [0, 0.05) is 41.9 Å². The maximum atomic E-state index is 13.0. The van der Waals surface area contributed by atoms with Crippen LogP contribution in [-0.2, 0) is 14.3 Å². The van der Waals surface area contributed by atoms with Gasteiger partial charge in [0.1, 0.15) is 0 Å². The molecule has 0 radical (unpaired) electrons. The van der Waals surface area contributed by atoms with Gasteiger partial charge in [-0.3, -0.25) is 19.2 Å². The van der Waals surface area contributed by atoms with Crippen LogP contribution in [0.25, 0.3) is 6.08 Å². The molecule has 1 aliphatic carbocycles. The summed E-state index contributed by atoms with van der Waals surface area (Å²) >= 11 is 0. The van der Waals surface area contributed by atoms with Crippen LogP contribution in [0.1, 0.15) is 44.3 Å². The molecule has 172 valence electrons. The van der Waals surface area contributed by atoms with Gasteiger partial charge in [-0.2, -0.15) is 0 Å². The van der Waals surface area contributed by atoms with Crippen LogP contribution in [0.15, 0.2) is 72.5 Å². The van der Waals surface area contributed by atoms with Gasteiger partial charge in [0.05, 0.1) is 5.69 Å². The molecule has 35 heavy (non-hydrogen) atoms. The fourth-order valence-electron chi connectivity index (χ4n) is 4.04. The number of imide groups is 1. The summed E-state index contributed by atoms with van der Waals surface area (Å²) in [5.74, 6) is -1.66. The fraction of sp³-hybridized carbons (Fsp3) is 0.0741. The van der Waals surface area contributed by atoms with Crippen molar-refractivity contribution < 1.29 is 28.7 Å². The molecule has 0 saturated carbocycles. The Morgan fingerprint density at radius 1 is 0.829 bits per heavy atom. The first-order valence-corrected chi connectivity index (χ1v) is 10.7. The molecule has 1 saturated heterocycles. The number of fused-ring (bicyclic) bond motifs is 2. The van der Waals surface area contributed by atoms with Crippen LogP contribution in [0.5, 0.6) is 0 Å². The van der Waals surface area contributed by atoms with E-state index in [4.69, 9.17) is 4.74 Å². The van der Waals surface area contributed by atoms with Crippen molar-refractivity contribution in [2.24, 2.45) is 0 Å². The normalized spacial score (nSPS) is 15.7. The zero-order valence-electron chi connectivity index (χ0n) is 18.8. The summed E-state index contributed by atoms with van der Waals surface area (Å²) in [4.78, 5) is 65.2. The van der Waals surface area contributed by atoms with Gasteiger partial charge in [-0.05, 0) is 42.0 Å². The van der Waals surface area contributed by atoms with Crippen molar-refractivity contribution in [3.05, 3.63) is 100 Å². The number of ether oxygens (including phenoxy) is 1. The van der Waals surface area contributed by atoms with Crippen LogP contribution >= 0.6 is 0 Å². The number of carbonyl (C=O) groups is 5. The summed E-state index contributed by atoms with van der Waals surface area (Å²) in [6.07, 6.45) is 0.505. The van der Waals surface area contributed by atoms with E-state index in [1.165, 1.54) is 36.1 Å². The summed E-state index contributed by atoms with van der Waals surface area (Å²) < 4.78 is 5.19. The molecule has 8 nitrogen and oxygen atoms in total. The zero-order valence-corrected chi connectivity index (χ0v) is 18.8. The number of nitrogens with zero attached hydrogens (tertiary/aromatic N) is 2. The largest absolute Gasteiger partial charge is 0.427 e. The third-order valence-corrected chi connectivity index (χ3v) is 6.01. The average Bonchev–Trinajstić information content (AvgIpc) is 3.14. The van der Waals surface area contributed by atoms with Crippen molar-refractivity contribution in [3.8, 4) is 0 Å². The molecule has 1 heterocycles. The first kappa shape index (κ1) is 22.0. The summed E-state index contributed by atoms with van der Waals surface area (Å²) in [6.45, 7) is 1.45. The summed E-state index contributed by atoms with van der Waals surface area (Å²) in [7, 11) is 1.64. The van der Waals surface area contributed by atoms with Crippen molar-refractivity contribution in [2.75, 3.05) is 16.8 Å². The van der Waals surface area contributed by atoms with E-state index in [9.17, 15) is 24.0 Å². The molecule has 0 bridgehead atoms. The average molecular weight is 466 g/mol. The molecule has 0 spiro atoms. The fourth-order valence-corrected chi connectivity index (χ4v) is 4.04. The Kier molecular flexibility index (Phi) is 5.13. The van der Waals surface area contributed by atoms with Crippen molar-refractivity contribution in [3.63, 3.8) is 0 Å². The second kappa shape index (κ2) is 8.18. The van der Waals surface area contributed by atoms with E-state index >= 15 is 0 Å². The number of hydrogen-bond donors (Lipinski definition) is 0. The van der Waals surface area contributed by atoms with E-state index in [0.717, 1.165) is 4.90 Å². The Balaban J connectivity index is 1.45. The van der Waals surface area contributed by atoms with Gasteiger partial charge in [-0.15, -0.1) is 0 Å². The molecule has 0 atom stereocenters. The van der Waals surface area contributed by atoms with Crippen LogP contribution in [-0.4, -0.2) is 36.5 Å². The minimum atomic E-state index is -0.913. The highest BCUT2D eigenvalue weighted by atomic mass is 16.6. The standard InChI is InChI=1S/C27H18N2O6/c1-15(30)28(2)17-9-7-16(8-10-17)13-23-26(33)29(27(34)35-23)18-11-12-21-22(14-18)25(32)20-6-4-3-5-19(20)24(21)31/h3-14H,1-2H3. The SMILES string of the molecule is CC(=O)N(C)c1ccc(C=C2OC(=O)N(c3ccc4c(c3)C(=O)c3ccccc3C4=O)C2=O)cc1. The number of carbonyl (C=O) groups excluding carboxylic acids is 5. The number of benzene rings is 3. The molecule has 3 amide bonds. The molecular formula is C27H18N2O6. The highest BCUT2D eigenvalue weighted by Gasteiger charge is 2.39. The molecule has 0 N–H and O–H groups in total. The van der Waals surface area contributed by atoms with Gasteiger partial charge in [-0.1, -0.05) is 36.4 Å². The topological polar surface area (TPSA) is 101 Å². The highest BCUT2D eigenvalue weighted by Crippen LogP contribution is 2.33. The smallest absolute Gasteiger partial charge is 0.404 e. The number of anilines is 2. The predicted molar refractivity (Wildman–Crippen MR) is 127 cm³/mol. The Labute approximate surface area is 200 Å². The third-order valence-electron chi connectivity index (χ3n) is 6.01. The minimum Gasteiger partial charge on any atom is -0.404 e. The molecule has 2 aliphatic rings. The van der Waals surface area contributed by atoms with Crippen molar-refractivity contribution in [2.45, 2.75) is 6.92 Å². The summed E-state index contributed by atoms with van der Waals surface area (Å²) in [6, 6.07) is 17.5. The Bertz CT molecular complexity index is 1490. The van der Waals surface area contributed by atoms with Crippen LogP contribution in [0.3, 0.4) is 0 Å². The second-order valence-corrected chi connectivity index (χ2v) is 8.12. The third kappa shape index (κ3) is 3.61. The molecule has 8 heteroatoms. The van der Waals surface area contributed by atoms with E-state index < -0.39 is 12.0 Å². The number of ketones is 2. The van der Waals surface area contributed by atoms with Crippen LogP contribution in [0, 0.1) is 0 Å². The Morgan fingerprint density at radius 2 is 1.43 bits per heavy atom. The molecule has 3 aromatic carbocycles. The molecule has 3 aromatic rings. The Morgan fingerprint density at radius 3 is 2.06 bits per heavy atom. The van der Waals surface area contributed by atoms with Crippen LogP contribution in [0.4, 0.5) is 16.2 Å². The zero-order chi connectivity index (χ0) is 24.9. The van der Waals surface area contributed by atoms with Gasteiger partial charge in [-0.25, -0.2) is 9.69 Å². The maximum absolute atomic E-state index is 13.0. The van der Waals surface area contributed by atoms with E-state index in [1.54, 1.807) is 55.6 Å². The van der Waals surface area contributed by atoms with Crippen LogP contribution < -0.4 is 9.80 Å². The lowest BCUT2D eigenvalue weighted by atomic mass is 9.84. The lowest BCUT2D eigenvalue weighted by Crippen LogP contribution is -2.29. The molecule has 5 rings (SSSR count). The van der Waals surface area contributed by atoms with Crippen molar-refractivity contribution in [1.29, 1.82) is 0 Å². The highest BCUT2D eigenvalue weighted by molar-refractivity contribution is 6.30. The number of cyclic esters (lactones) is 1. The summed E-state index contributed by atoms with van der Waals surface area (Å²) in [5, 5.41) is 0. The van der Waals surface area contributed by atoms with E-state index in [-0.39, 0.29) is 45.6 Å². The van der Waals surface area contributed by atoms with Gasteiger partial charge >= 0.3 is 12.0 Å². The van der Waals surface area contributed by atoms with Crippen molar-refractivity contribution >= 4 is 46.9 Å².